The van der Waals surface area contributed by atoms with Crippen LogP contribution in [0.4, 0.5) is 0 Å². The molecule has 0 spiro atoms. The first kappa shape index (κ1) is 14.7. The van der Waals surface area contributed by atoms with Gasteiger partial charge in [-0.2, -0.15) is 0 Å². The zero-order valence-corrected chi connectivity index (χ0v) is 13.0. The normalized spacial score (nSPS) is 10.5. The van der Waals surface area contributed by atoms with E-state index in [9.17, 15) is 9.59 Å². The van der Waals surface area contributed by atoms with Gasteiger partial charge in [0.2, 0.25) is 0 Å². The second kappa shape index (κ2) is 5.76. The van der Waals surface area contributed by atoms with E-state index in [0.29, 0.717) is 0 Å². The average Bonchev–Trinajstić information content (AvgIpc) is 2.78. The van der Waals surface area contributed by atoms with E-state index < -0.39 is 17.6 Å². The maximum Gasteiger partial charge on any atom is 0.357 e. The van der Waals surface area contributed by atoms with Crippen LogP contribution in [0.15, 0.2) is 33.5 Å². The Hall–Kier alpha value is -1.67. The average molecular weight is 404 g/mol. The molecule has 2 aromatic rings. The van der Waals surface area contributed by atoms with Crippen LogP contribution in [0.3, 0.4) is 0 Å². The van der Waals surface area contributed by atoms with Crippen LogP contribution in [0.1, 0.15) is 26.5 Å². The molecule has 0 unspecified atom stereocenters. The standard InChI is InChI=1S/C12H8Br2N2O4/c13-7-2-1-6(3-8(7)14)4-16-5-15-9(11(17)18)10(16)12(19)20/h1-3,5H,4H2,(H,17,18)(H,19,20). The van der Waals surface area contributed by atoms with E-state index in [4.69, 9.17) is 10.2 Å². The van der Waals surface area contributed by atoms with Crippen molar-refractivity contribution in [2.45, 2.75) is 6.54 Å². The molecule has 0 fully saturated rings. The number of carboxylic acids is 2. The third-order valence-corrected chi connectivity index (χ3v) is 4.46. The van der Waals surface area contributed by atoms with Crippen LogP contribution in [-0.4, -0.2) is 31.7 Å². The highest BCUT2D eigenvalue weighted by Gasteiger charge is 2.22. The van der Waals surface area contributed by atoms with Crippen molar-refractivity contribution in [3.8, 4) is 0 Å². The first-order valence-electron chi connectivity index (χ1n) is 5.35. The minimum absolute atomic E-state index is 0.216. The lowest BCUT2D eigenvalue weighted by molar-refractivity contribution is 0.0640. The molecule has 1 aromatic carbocycles. The van der Waals surface area contributed by atoms with Crippen LogP contribution in [0, 0.1) is 0 Å². The second-order valence-electron chi connectivity index (χ2n) is 3.93. The minimum atomic E-state index is -1.36. The first-order valence-corrected chi connectivity index (χ1v) is 6.94. The van der Waals surface area contributed by atoms with E-state index in [1.165, 1.54) is 10.9 Å². The molecule has 1 heterocycles. The van der Waals surface area contributed by atoms with Crippen LogP contribution in [-0.2, 0) is 6.54 Å². The Morgan fingerprint density at radius 1 is 1.15 bits per heavy atom. The van der Waals surface area contributed by atoms with Crippen molar-refractivity contribution in [2.24, 2.45) is 0 Å². The van der Waals surface area contributed by atoms with E-state index in [2.05, 4.69) is 36.8 Å². The Morgan fingerprint density at radius 3 is 2.40 bits per heavy atom. The summed E-state index contributed by atoms with van der Waals surface area (Å²) in [5, 5.41) is 18.0. The molecule has 0 aliphatic heterocycles. The van der Waals surface area contributed by atoms with Crippen LogP contribution < -0.4 is 0 Å². The van der Waals surface area contributed by atoms with Gasteiger partial charge < -0.3 is 14.8 Å². The van der Waals surface area contributed by atoms with Crippen LogP contribution in [0.2, 0.25) is 0 Å². The Kier molecular flexibility index (Phi) is 4.24. The van der Waals surface area contributed by atoms with Crippen molar-refractivity contribution in [1.82, 2.24) is 9.55 Å². The summed E-state index contributed by atoms with van der Waals surface area (Å²) >= 11 is 6.69. The molecule has 1 aromatic heterocycles. The lowest BCUT2D eigenvalue weighted by Gasteiger charge is -2.07. The zero-order valence-electron chi connectivity index (χ0n) is 9.88. The van der Waals surface area contributed by atoms with Crippen molar-refractivity contribution in [3.63, 3.8) is 0 Å². The number of carboxylic acid groups (broad SMARTS) is 2. The molecule has 20 heavy (non-hydrogen) atoms. The zero-order chi connectivity index (χ0) is 14.9. The van der Waals surface area contributed by atoms with Gasteiger partial charge in [0.25, 0.3) is 0 Å². The summed E-state index contributed by atoms with van der Waals surface area (Å²) in [6, 6.07) is 5.44. The predicted molar refractivity (Wildman–Crippen MR) is 77.1 cm³/mol. The molecule has 0 amide bonds. The number of aromatic carboxylic acids is 2. The predicted octanol–water partition coefficient (Wildman–Crippen LogP) is 2.85. The summed E-state index contributed by atoms with van der Waals surface area (Å²) in [6.45, 7) is 0.216. The van der Waals surface area contributed by atoms with Crippen molar-refractivity contribution in [2.75, 3.05) is 0 Å². The molecule has 0 aliphatic rings. The fraction of sp³-hybridized carbons (Fsp3) is 0.0833. The number of benzene rings is 1. The Labute approximate surface area is 130 Å². The monoisotopic (exact) mass is 402 g/mol. The molecule has 104 valence electrons. The summed E-state index contributed by atoms with van der Waals surface area (Å²) in [5.41, 5.74) is 0.0159. The Morgan fingerprint density at radius 2 is 1.85 bits per heavy atom. The van der Waals surface area contributed by atoms with Gasteiger partial charge in [0.1, 0.15) is 0 Å². The lowest BCUT2D eigenvalue weighted by atomic mass is 10.2. The summed E-state index contributed by atoms with van der Waals surface area (Å²) < 4.78 is 2.99. The molecule has 0 bridgehead atoms. The number of imidazole rings is 1. The second-order valence-corrected chi connectivity index (χ2v) is 5.64. The van der Waals surface area contributed by atoms with Crippen molar-refractivity contribution in [1.29, 1.82) is 0 Å². The molecule has 6 nitrogen and oxygen atoms in total. The first-order chi connectivity index (χ1) is 9.40. The third kappa shape index (κ3) is 2.91. The fourth-order valence-electron chi connectivity index (χ4n) is 1.72. The van der Waals surface area contributed by atoms with Gasteiger partial charge in [0, 0.05) is 15.5 Å². The van der Waals surface area contributed by atoms with Crippen LogP contribution in [0.5, 0.6) is 0 Å². The minimum Gasteiger partial charge on any atom is -0.476 e. The highest BCUT2D eigenvalue weighted by molar-refractivity contribution is 9.13. The van der Waals surface area contributed by atoms with Crippen LogP contribution in [0.25, 0.3) is 0 Å². The smallest absolute Gasteiger partial charge is 0.357 e. The number of halogens is 2. The molecule has 0 radical (unpaired) electrons. The highest BCUT2D eigenvalue weighted by atomic mass is 79.9. The molecule has 0 atom stereocenters. The summed E-state index contributed by atoms with van der Waals surface area (Å²) in [6.07, 6.45) is 1.21. The van der Waals surface area contributed by atoms with E-state index >= 15 is 0 Å². The van der Waals surface area contributed by atoms with Gasteiger partial charge in [-0.25, -0.2) is 14.6 Å². The maximum absolute atomic E-state index is 11.2. The Balaban J connectivity index is 2.41. The van der Waals surface area contributed by atoms with Gasteiger partial charge in [-0.1, -0.05) is 6.07 Å². The molecule has 2 N–H and O–H groups in total. The van der Waals surface area contributed by atoms with E-state index in [1.54, 1.807) is 6.07 Å². The summed E-state index contributed by atoms with van der Waals surface area (Å²) in [7, 11) is 0. The van der Waals surface area contributed by atoms with Crippen molar-refractivity contribution >= 4 is 43.8 Å². The van der Waals surface area contributed by atoms with E-state index in [-0.39, 0.29) is 12.2 Å². The van der Waals surface area contributed by atoms with Gasteiger partial charge in [0.05, 0.1) is 6.33 Å². The van der Waals surface area contributed by atoms with Gasteiger partial charge in [-0.3, -0.25) is 0 Å². The number of hydrogen-bond donors (Lipinski definition) is 2. The third-order valence-electron chi connectivity index (χ3n) is 2.58. The lowest BCUT2D eigenvalue weighted by Crippen LogP contribution is -2.13. The van der Waals surface area contributed by atoms with E-state index in [0.717, 1.165) is 14.5 Å². The highest BCUT2D eigenvalue weighted by Crippen LogP contribution is 2.24. The number of nitrogens with zero attached hydrogens (tertiary/aromatic N) is 2. The van der Waals surface area contributed by atoms with Gasteiger partial charge >= 0.3 is 11.9 Å². The quantitative estimate of drug-likeness (QED) is 0.818. The topological polar surface area (TPSA) is 92.4 Å². The molecule has 0 saturated heterocycles. The number of carbonyl (C=O) groups is 2. The van der Waals surface area contributed by atoms with E-state index in [1.807, 2.05) is 12.1 Å². The molecule has 0 aliphatic carbocycles. The van der Waals surface area contributed by atoms with Crippen LogP contribution >= 0.6 is 31.9 Å². The SMILES string of the molecule is O=C(O)c1ncn(Cc2ccc(Br)c(Br)c2)c1C(=O)O. The Bertz CT molecular complexity index is 697. The molecule has 2 rings (SSSR count). The van der Waals surface area contributed by atoms with Crippen molar-refractivity contribution in [3.05, 3.63) is 50.4 Å². The van der Waals surface area contributed by atoms with Gasteiger partial charge in [-0.15, -0.1) is 0 Å². The number of rotatable bonds is 4. The maximum atomic E-state index is 11.2. The van der Waals surface area contributed by atoms with Gasteiger partial charge in [0.15, 0.2) is 11.4 Å². The molecular weight excluding hydrogens is 396 g/mol. The number of aromatic nitrogens is 2. The molecular formula is C12H8Br2N2O4. The van der Waals surface area contributed by atoms with Gasteiger partial charge in [-0.05, 0) is 49.6 Å². The molecule has 0 saturated carbocycles. The van der Waals surface area contributed by atoms with Crippen molar-refractivity contribution < 1.29 is 19.8 Å². The molecule has 8 heteroatoms. The number of hydrogen-bond acceptors (Lipinski definition) is 3. The fourth-order valence-corrected chi connectivity index (χ4v) is 2.39. The summed E-state index contributed by atoms with van der Waals surface area (Å²) in [5.74, 6) is -2.69. The largest absolute Gasteiger partial charge is 0.476 e. The summed E-state index contributed by atoms with van der Waals surface area (Å²) in [4.78, 5) is 25.8.